The van der Waals surface area contributed by atoms with Crippen molar-refractivity contribution in [2.24, 2.45) is 5.73 Å². The van der Waals surface area contributed by atoms with Crippen molar-refractivity contribution in [3.05, 3.63) is 0 Å². The molecule has 13 heavy (non-hydrogen) atoms. The second kappa shape index (κ2) is 4.64. The molecule has 1 rings (SSSR count). The molecule has 0 aliphatic carbocycles. The lowest BCUT2D eigenvalue weighted by Crippen LogP contribution is -2.52. The Labute approximate surface area is 81.5 Å². The van der Waals surface area contributed by atoms with Crippen LogP contribution in [0.15, 0.2) is 0 Å². The number of terminal acetylenes is 1. The van der Waals surface area contributed by atoms with Crippen LogP contribution in [0.2, 0.25) is 0 Å². The van der Waals surface area contributed by atoms with E-state index in [9.17, 15) is 0 Å². The fourth-order valence-corrected chi connectivity index (χ4v) is 2.12. The summed E-state index contributed by atoms with van der Waals surface area (Å²) in [5.74, 6) is 2.79. The maximum Gasteiger partial charge on any atom is 0.0686 e. The molecule has 1 fully saturated rings. The van der Waals surface area contributed by atoms with Gasteiger partial charge in [0.15, 0.2) is 0 Å². The van der Waals surface area contributed by atoms with Crippen molar-refractivity contribution in [2.75, 3.05) is 6.54 Å². The average Bonchev–Trinajstić information content (AvgIpc) is 2.16. The van der Waals surface area contributed by atoms with Gasteiger partial charge in [-0.05, 0) is 33.2 Å². The van der Waals surface area contributed by atoms with Crippen molar-refractivity contribution in [1.82, 2.24) is 4.90 Å². The van der Waals surface area contributed by atoms with Crippen molar-refractivity contribution in [3.8, 4) is 12.3 Å². The third-order valence-electron chi connectivity index (χ3n) is 2.94. The summed E-state index contributed by atoms with van der Waals surface area (Å²) in [4.78, 5) is 2.37. The SMILES string of the molecule is C#CC(C)N1CCCCC1C(C)N. The Balaban J connectivity index is 2.62. The summed E-state index contributed by atoms with van der Waals surface area (Å²) in [7, 11) is 0. The van der Waals surface area contributed by atoms with Crippen LogP contribution in [0.25, 0.3) is 0 Å². The summed E-state index contributed by atoms with van der Waals surface area (Å²) in [6, 6.07) is 0.951. The molecule has 2 N–H and O–H groups in total. The Morgan fingerprint density at radius 2 is 2.15 bits per heavy atom. The van der Waals surface area contributed by atoms with Crippen molar-refractivity contribution in [1.29, 1.82) is 0 Å². The van der Waals surface area contributed by atoms with Crippen molar-refractivity contribution in [2.45, 2.75) is 51.2 Å². The Kier molecular flexibility index (Phi) is 3.77. The highest BCUT2D eigenvalue weighted by Crippen LogP contribution is 2.20. The monoisotopic (exact) mass is 180 g/mol. The summed E-state index contributed by atoms with van der Waals surface area (Å²) < 4.78 is 0. The number of likely N-dealkylation sites (tertiary alicyclic amines) is 1. The van der Waals surface area contributed by atoms with Gasteiger partial charge in [0.25, 0.3) is 0 Å². The predicted molar refractivity (Wildman–Crippen MR) is 56.3 cm³/mol. The largest absolute Gasteiger partial charge is 0.327 e. The molecule has 0 radical (unpaired) electrons. The molecule has 2 nitrogen and oxygen atoms in total. The van der Waals surface area contributed by atoms with Gasteiger partial charge in [0.05, 0.1) is 6.04 Å². The van der Waals surface area contributed by atoms with E-state index in [0.29, 0.717) is 6.04 Å². The molecule has 2 heteroatoms. The fourth-order valence-electron chi connectivity index (χ4n) is 2.12. The first-order valence-electron chi connectivity index (χ1n) is 5.14. The van der Waals surface area contributed by atoms with Gasteiger partial charge in [0.1, 0.15) is 0 Å². The van der Waals surface area contributed by atoms with Crippen molar-refractivity contribution in [3.63, 3.8) is 0 Å². The van der Waals surface area contributed by atoms with Gasteiger partial charge in [0.2, 0.25) is 0 Å². The van der Waals surface area contributed by atoms with E-state index in [1.807, 2.05) is 0 Å². The molecule has 1 saturated heterocycles. The average molecular weight is 180 g/mol. The van der Waals surface area contributed by atoms with E-state index < -0.39 is 0 Å². The molecule has 1 aliphatic heterocycles. The van der Waals surface area contributed by atoms with Crippen LogP contribution < -0.4 is 5.73 Å². The lowest BCUT2D eigenvalue weighted by Gasteiger charge is -2.40. The molecular weight excluding hydrogens is 160 g/mol. The van der Waals surface area contributed by atoms with Crippen LogP contribution in [0.5, 0.6) is 0 Å². The minimum Gasteiger partial charge on any atom is -0.327 e. The molecular formula is C11H20N2. The van der Waals surface area contributed by atoms with Crippen LogP contribution >= 0.6 is 0 Å². The summed E-state index contributed by atoms with van der Waals surface area (Å²) >= 11 is 0. The number of nitrogens with zero attached hydrogens (tertiary/aromatic N) is 1. The highest BCUT2D eigenvalue weighted by Gasteiger charge is 2.27. The third-order valence-corrected chi connectivity index (χ3v) is 2.94. The predicted octanol–water partition coefficient (Wildman–Crippen LogP) is 1.21. The van der Waals surface area contributed by atoms with Gasteiger partial charge in [-0.3, -0.25) is 4.90 Å². The first kappa shape index (κ1) is 10.6. The summed E-state index contributed by atoms with van der Waals surface area (Å²) in [6.45, 7) is 5.27. The van der Waals surface area contributed by atoms with Gasteiger partial charge in [0, 0.05) is 12.1 Å². The molecule has 3 unspecified atom stereocenters. The normalized spacial score (nSPS) is 29.2. The third kappa shape index (κ3) is 2.46. The van der Waals surface area contributed by atoms with Gasteiger partial charge in [-0.25, -0.2) is 0 Å². The quantitative estimate of drug-likeness (QED) is 0.647. The van der Waals surface area contributed by atoms with E-state index >= 15 is 0 Å². The second-order valence-electron chi connectivity index (χ2n) is 4.00. The second-order valence-corrected chi connectivity index (χ2v) is 4.00. The highest BCUT2D eigenvalue weighted by atomic mass is 15.2. The molecule has 1 heterocycles. The molecule has 1 aliphatic rings. The van der Waals surface area contributed by atoms with Gasteiger partial charge in [-0.2, -0.15) is 0 Å². The molecule has 0 aromatic heterocycles. The van der Waals surface area contributed by atoms with Gasteiger partial charge < -0.3 is 5.73 Å². The maximum absolute atomic E-state index is 5.94. The molecule has 0 spiro atoms. The molecule has 3 atom stereocenters. The Morgan fingerprint density at radius 1 is 1.46 bits per heavy atom. The smallest absolute Gasteiger partial charge is 0.0686 e. The van der Waals surface area contributed by atoms with Crippen molar-refractivity contribution < 1.29 is 0 Å². The molecule has 0 amide bonds. The molecule has 0 aromatic carbocycles. The Bertz CT molecular complexity index is 193. The van der Waals surface area contributed by atoms with Crippen LogP contribution in [0.3, 0.4) is 0 Å². The Hall–Kier alpha value is -0.520. The van der Waals surface area contributed by atoms with E-state index in [4.69, 9.17) is 12.2 Å². The van der Waals surface area contributed by atoms with Crippen molar-refractivity contribution >= 4 is 0 Å². The zero-order chi connectivity index (χ0) is 9.84. The van der Waals surface area contributed by atoms with Crippen LogP contribution in [0.4, 0.5) is 0 Å². The van der Waals surface area contributed by atoms with E-state index in [0.717, 1.165) is 6.54 Å². The molecule has 0 bridgehead atoms. The van der Waals surface area contributed by atoms with Crippen LogP contribution in [0.1, 0.15) is 33.1 Å². The number of hydrogen-bond donors (Lipinski definition) is 1. The minimum absolute atomic E-state index is 0.232. The first-order valence-corrected chi connectivity index (χ1v) is 5.14. The minimum atomic E-state index is 0.232. The lowest BCUT2D eigenvalue weighted by atomic mass is 9.95. The van der Waals surface area contributed by atoms with E-state index in [1.54, 1.807) is 0 Å². The number of piperidine rings is 1. The molecule has 0 aromatic rings. The number of nitrogens with two attached hydrogens (primary N) is 1. The highest BCUT2D eigenvalue weighted by molar-refractivity contribution is 5.01. The lowest BCUT2D eigenvalue weighted by molar-refractivity contribution is 0.113. The number of rotatable bonds is 2. The van der Waals surface area contributed by atoms with Crippen LogP contribution in [-0.2, 0) is 0 Å². The summed E-state index contributed by atoms with van der Waals surface area (Å²) in [5, 5.41) is 0. The topological polar surface area (TPSA) is 29.3 Å². The molecule has 74 valence electrons. The van der Waals surface area contributed by atoms with E-state index in [1.165, 1.54) is 19.3 Å². The van der Waals surface area contributed by atoms with E-state index in [2.05, 4.69) is 24.7 Å². The van der Waals surface area contributed by atoms with Gasteiger partial charge >= 0.3 is 0 Å². The standard InChI is InChI=1S/C11H20N2/c1-4-9(2)13-8-6-5-7-11(13)10(3)12/h1,9-11H,5-8,12H2,2-3H3. The fraction of sp³-hybridized carbons (Fsp3) is 0.818. The summed E-state index contributed by atoms with van der Waals surface area (Å²) in [6.07, 6.45) is 9.18. The van der Waals surface area contributed by atoms with E-state index in [-0.39, 0.29) is 12.1 Å². The van der Waals surface area contributed by atoms with Gasteiger partial charge in [-0.1, -0.05) is 12.3 Å². The Morgan fingerprint density at radius 3 is 2.69 bits per heavy atom. The van der Waals surface area contributed by atoms with Crippen LogP contribution in [0, 0.1) is 12.3 Å². The zero-order valence-corrected chi connectivity index (χ0v) is 8.66. The molecule has 0 saturated carbocycles. The first-order chi connectivity index (χ1) is 6.16. The van der Waals surface area contributed by atoms with Gasteiger partial charge in [-0.15, -0.1) is 6.42 Å². The zero-order valence-electron chi connectivity index (χ0n) is 8.66. The maximum atomic E-state index is 5.94. The van der Waals surface area contributed by atoms with Crippen LogP contribution in [-0.4, -0.2) is 29.6 Å². The summed E-state index contributed by atoms with van der Waals surface area (Å²) in [5.41, 5.74) is 5.94. The number of hydrogen-bond acceptors (Lipinski definition) is 2.